The third-order valence-corrected chi connectivity index (χ3v) is 3.37. The van der Waals surface area contributed by atoms with E-state index in [9.17, 15) is 0 Å². The Morgan fingerprint density at radius 2 is 1.92 bits per heavy atom. The molecule has 2 spiro atoms. The molecule has 0 aromatic carbocycles. The first-order chi connectivity index (χ1) is 5.83. The predicted octanol–water partition coefficient (Wildman–Crippen LogP) is 0.645. The Kier molecular flexibility index (Phi) is 1.35. The average molecular weight is 169 g/mol. The van der Waals surface area contributed by atoms with Crippen LogP contribution in [0.5, 0.6) is 0 Å². The summed E-state index contributed by atoms with van der Waals surface area (Å²) in [7, 11) is 0. The van der Waals surface area contributed by atoms with Crippen molar-refractivity contribution < 1.29 is 9.47 Å². The highest BCUT2D eigenvalue weighted by molar-refractivity contribution is 5.00. The zero-order valence-corrected chi connectivity index (χ0v) is 7.27. The van der Waals surface area contributed by atoms with Gasteiger partial charge in [-0.3, -0.25) is 5.32 Å². The second kappa shape index (κ2) is 2.22. The molecule has 68 valence electrons. The molecule has 0 unspecified atom stereocenters. The summed E-state index contributed by atoms with van der Waals surface area (Å²) < 4.78 is 11.3. The van der Waals surface area contributed by atoms with Crippen LogP contribution >= 0.6 is 0 Å². The molecule has 2 aliphatic heterocycles. The van der Waals surface area contributed by atoms with E-state index in [-0.39, 0.29) is 11.3 Å². The van der Waals surface area contributed by atoms with Crippen LogP contribution in [0, 0.1) is 0 Å². The number of hydrogen-bond donors (Lipinski definition) is 1. The summed E-state index contributed by atoms with van der Waals surface area (Å²) >= 11 is 0. The van der Waals surface area contributed by atoms with Gasteiger partial charge in [0, 0.05) is 6.54 Å². The highest BCUT2D eigenvalue weighted by atomic mass is 16.6. The molecular weight excluding hydrogens is 154 g/mol. The first-order valence-corrected chi connectivity index (χ1v) is 4.86. The van der Waals surface area contributed by atoms with Gasteiger partial charge in [-0.15, -0.1) is 0 Å². The fraction of sp³-hybridized carbons (Fsp3) is 1.00. The Hall–Kier alpha value is -0.120. The van der Waals surface area contributed by atoms with E-state index in [1.165, 1.54) is 25.7 Å². The average Bonchev–Trinajstić information content (AvgIpc) is 1.99. The highest BCUT2D eigenvalue weighted by Gasteiger charge is 2.52. The number of hydrogen-bond acceptors (Lipinski definition) is 3. The van der Waals surface area contributed by atoms with Crippen LogP contribution in [-0.2, 0) is 9.47 Å². The smallest absolute Gasteiger partial charge is 0.166 e. The fourth-order valence-corrected chi connectivity index (χ4v) is 2.39. The van der Waals surface area contributed by atoms with E-state index >= 15 is 0 Å². The minimum absolute atomic E-state index is 0.0847. The van der Waals surface area contributed by atoms with Gasteiger partial charge in [0.25, 0.3) is 0 Å². The van der Waals surface area contributed by atoms with Gasteiger partial charge < -0.3 is 9.47 Å². The molecule has 0 aromatic rings. The van der Waals surface area contributed by atoms with E-state index in [0.717, 1.165) is 19.8 Å². The van der Waals surface area contributed by atoms with E-state index in [2.05, 4.69) is 5.32 Å². The molecule has 2 heterocycles. The van der Waals surface area contributed by atoms with Gasteiger partial charge in [0.15, 0.2) is 5.72 Å². The quantitative estimate of drug-likeness (QED) is 0.577. The molecule has 3 fully saturated rings. The largest absolute Gasteiger partial charge is 0.372 e. The van der Waals surface area contributed by atoms with Crippen molar-refractivity contribution in [3.63, 3.8) is 0 Å². The van der Waals surface area contributed by atoms with Gasteiger partial charge in [-0.2, -0.15) is 0 Å². The van der Waals surface area contributed by atoms with Crippen molar-refractivity contribution in [1.29, 1.82) is 0 Å². The Morgan fingerprint density at radius 1 is 1.08 bits per heavy atom. The minimum Gasteiger partial charge on any atom is -0.372 e. The van der Waals surface area contributed by atoms with Crippen molar-refractivity contribution in [2.75, 3.05) is 19.8 Å². The molecule has 2 saturated heterocycles. The van der Waals surface area contributed by atoms with Crippen molar-refractivity contribution in [2.45, 2.75) is 37.0 Å². The van der Waals surface area contributed by atoms with Crippen LogP contribution in [0.15, 0.2) is 0 Å². The minimum atomic E-state index is -0.0847. The SMILES string of the molecule is C1CC2(C1)CCNC1(COC1)O2. The van der Waals surface area contributed by atoms with Gasteiger partial charge in [-0.25, -0.2) is 0 Å². The van der Waals surface area contributed by atoms with Crippen LogP contribution < -0.4 is 5.32 Å². The zero-order chi connectivity index (χ0) is 8.07. The van der Waals surface area contributed by atoms with Crippen LogP contribution in [-0.4, -0.2) is 31.1 Å². The predicted molar refractivity (Wildman–Crippen MR) is 43.8 cm³/mol. The molecule has 0 aromatic heterocycles. The maximum Gasteiger partial charge on any atom is 0.166 e. The Balaban J connectivity index is 1.74. The van der Waals surface area contributed by atoms with E-state index in [1.54, 1.807) is 0 Å². The van der Waals surface area contributed by atoms with Crippen LogP contribution in [0.4, 0.5) is 0 Å². The van der Waals surface area contributed by atoms with Gasteiger partial charge in [0.1, 0.15) is 0 Å². The lowest BCUT2D eigenvalue weighted by Gasteiger charge is -2.56. The molecule has 3 aliphatic rings. The fourth-order valence-electron chi connectivity index (χ4n) is 2.39. The first-order valence-electron chi connectivity index (χ1n) is 4.86. The molecule has 3 nitrogen and oxygen atoms in total. The van der Waals surface area contributed by atoms with Crippen molar-refractivity contribution >= 4 is 0 Å². The first kappa shape index (κ1) is 7.30. The van der Waals surface area contributed by atoms with E-state index in [4.69, 9.17) is 9.47 Å². The third-order valence-electron chi connectivity index (χ3n) is 3.37. The number of nitrogens with one attached hydrogen (secondary N) is 1. The summed E-state index contributed by atoms with van der Waals surface area (Å²) in [6, 6.07) is 0. The molecule has 0 atom stereocenters. The van der Waals surface area contributed by atoms with Crippen molar-refractivity contribution in [2.24, 2.45) is 0 Å². The summed E-state index contributed by atoms with van der Waals surface area (Å²) in [5, 5.41) is 3.41. The van der Waals surface area contributed by atoms with Gasteiger partial charge in [-0.05, 0) is 25.7 Å². The van der Waals surface area contributed by atoms with Crippen LogP contribution in [0.3, 0.4) is 0 Å². The van der Waals surface area contributed by atoms with Crippen molar-refractivity contribution in [3.8, 4) is 0 Å². The summed E-state index contributed by atoms with van der Waals surface area (Å²) in [6.45, 7) is 2.59. The Bertz CT molecular complexity index is 177. The second-order valence-corrected chi connectivity index (χ2v) is 4.30. The van der Waals surface area contributed by atoms with E-state index in [0.29, 0.717) is 0 Å². The van der Waals surface area contributed by atoms with Gasteiger partial charge in [0.05, 0.1) is 18.8 Å². The lowest BCUT2D eigenvalue weighted by Crippen LogP contribution is -2.70. The summed E-state index contributed by atoms with van der Waals surface area (Å²) in [6.07, 6.45) is 5.05. The third kappa shape index (κ3) is 0.873. The Labute approximate surface area is 72.4 Å². The number of rotatable bonds is 0. The lowest BCUT2D eigenvalue weighted by atomic mass is 9.76. The van der Waals surface area contributed by atoms with Crippen LogP contribution in [0.1, 0.15) is 25.7 Å². The van der Waals surface area contributed by atoms with Gasteiger partial charge in [-0.1, -0.05) is 0 Å². The zero-order valence-electron chi connectivity index (χ0n) is 7.27. The lowest BCUT2D eigenvalue weighted by molar-refractivity contribution is -0.310. The number of ether oxygens (including phenoxy) is 2. The van der Waals surface area contributed by atoms with Crippen LogP contribution in [0.2, 0.25) is 0 Å². The molecule has 1 N–H and O–H groups in total. The molecule has 3 heteroatoms. The molecular formula is C9H15NO2. The molecule has 0 radical (unpaired) electrons. The maximum absolute atomic E-state index is 6.10. The molecule has 12 heavy (non-hydrogen) atoms. The maximum atomic E-state index is 6.10. The highest BCUT2D eigenvalue weighted by Crippen LogP contribution is 2.44. The topological polar surface area (TPSA) is 30.5 Å². The van der Waals surface area contributed by atoms with Crippen molar-refractivity contribution in [3.05, 3.63) is 0 Å². The van der Waals surface area contributed by atoms with E-state index < -0.39 is 0 Å². The molecule has 1 aliphatic carbocycles. The van der Waals surface area contributed by atoms with Crippen molar-refractivity contribution in [1.82, 2.24) is 5.32 Å². The molecule has 3 rings (SSSR count). The summed E-state index contributed by atoms with van der Waals surface area (Å²) in [5.41, 5.74) is 0.160. The molecule has 1 saturated carbocycles. The molecule has 0 bridgehead atoms. The van der Waals surface area contributed by atoms with E-state index in [1.807, 2.05) is 0 Å². The van der Waals surface area contributed by atoms with Gasteiger partial charge in [0.2, 0.25) is 0 Å². The summed E-state index contributed by atoms with van der Waals surface area (Å²) in [4.78, 5) is 0. The van der Waals surface area contributed by atoms with Gasteiger partial charge >= 0.3 is 0 Å². The Morgan fingerprint density at radius 3 is 2.42 bits per heavy atom. The standard InChI is InChI=1S/C9H15NO2/c1-2-8(3-1)4-5-10-9(12-8)6-11-7-9/h10H,1-7H2. The normalized spacial score (nSPS) is 36.0. The second-order valence-electron chi connectivity index (χ2n) is 4.30. The summed E-state index contributed by atoms with van der Waals surface area (Å²) in [5.74, 6) is 0. The monoisotopic (exact) mass is 169 g/mol. The molecule has 0 amide bonds. The van der Waals surface area contributed by atoms with Crippen LogP contribution in [0.25, 0.3) is 0 Å².